The third-order valence-electron chi connectivity index (χ3n) is 12.6. The number of aliphatic hydroxyl groups excluding tert-OH is 5. The van der Waals surface area contributed by atoms with Gasteiger partial charge in [0.25, 0.3) is 0 Å². The van der Waals surface area contributed by atoms with Gasteiger partial charge in [-0.1, -0.05) is 226 Å². The van der Waals surface area contributed by atoms with Crippen LogP contribution in [0.3, 0.4) is 0 Å². The van der Waals surface area contributed by atoms with E-state index < -0.39 is 49.5 Å². The van der Waals surface area contributed by atoms with Gasteiger partial charge in [-0.25, -0.2) is 0 Å². The van der Waals surface area contributed by atoms with E-state index in [-0.39, 0.29) is 19.0 Å². The molecule has 0 aromatic carbocycles. The molecule has 0 aliphatic carbocycles. The molecule has 2 unspecified atom stereocenters. The Morgan fingerprint density at radius 3 is 1.22 bits per heavy atom. The summed E-state index contributed by atoms with van der Waals surface area (Å²) in [6.45, 7) is 3.98. The lowest BCUT2D eigenvalue weighted by molar-refractivity contribution is -0.302. The number of carbonyl (C=O) groups is 1. The molecule has 1 aliphatic heterocycles. The average Bonchev–Trinajstić information content (AvgIpc) is 3.23. The first-order valence-corrected chi connectivity index (χ1v) is 25.6. The summed E-state index contributed by atoms with van der Waals surface area (Å²) in [6, 6.07) is 0. The number of esters is 1. The lowest BCUT2D eigenvalue weighted by Gasteiger charge is -2.39. The van der Waals surface area contributed by atoms with Crippen LogP contribution in [0.4, 0.5) is 0 Å². The Morgan fingerprint density at radius 1 is 0.492 bits per heavy atom. The summed E-state index contributed by atoms with van der Waals surface area (Å²) in [5.74, 6) is -0.272. The van der Waals surface area contributed by atoms with E-state index in [9.17, 15) is 30.3 Å². The number of hydrogen-bond donors (Lipinski definition) is 5. The largest absolute Gasteiger partial charge is 0.460 e. The Hall–Kier alpha value is -0.810. The fraction of sp³-hybridized carbons (Fsp3) is 0.980. The summed E-state index contributed by atoms with van der Waals surface area (Å²) in [5.41, 5.74) is 0. The molecule has 9 nitrogen and oxygen atoms in total. The highest BCUT2D eigenvalue weighted by Crippen LogP contribution is 2.24. The Kier molecular flexibility index (Phi) is 39.3. The highest BCUT2D eigenvalue weighted by atomic mass is 16.7. The van der Waals surface area contributed by atoms with Crippen molar-refractivity contribution in [3.05, 3.63) is 0 Å². The number of carbonyl (C=O) groups excluding carboxylic acids is 1. The predicted octanol–water partition coefficient (Wildman–Crippen LogP) is 11.9. The monoisotopic (exact) mass is 843 g/mol. The third-order valence-corrected chi connectivity index (χ3v) is 12.6. The first kappa shape index (κ1) is 56.2. The van der Waals surface area contributed by atoms with Crippen molar-refractivity contribution in [1.29, 1.82) is 0 Å². The van der Waals surface area contributed by atoms with Crippen molar-refractivity contribution in [2.45, 2.75) is 301 Å². The van der Waals surface area contributed by atoms with E-state index in [0.717, 1.165) is 38.5 Å². The molecule has 7 atom stereocenters. The normalized spacial score (nSPS) is 20.6. The fourth-order valence-corrected chi connectivity index (χ4v) is 8.49. The Bertz CT molecular complexity index is 888. The Morgan fingerprint density at radius 2 is 0.847 bits per heavy atom. The third kappa shape index (κ3) is 31.6. The second kappa shape index (κ2) is 41.2. The summed E-state index contributed by atoms with van der Waals surface area (Å²) in [7, 11) is 0. The van der Waals surface area contributed by atoms with E-state index in [0.29, 0.717) is 12.8 Å². The zero-order valence-electron chi connectivity index (χ0n) is 38.7. The summed E-state index contributed by atoms with van der Waals surface area (Å²) < 4.78 is 16.9. The zero-order chi connectivity index (χ0) is 43.0. The van der Waals surface area contributed by atoms with Crippen molar-refractivity contribution in [2.24, 2.45) is 0 Å². The van der Waals surface area contributed by atoms with Gasteiger partial charge in [0.05, 0.1) is 19.3 Å². The van der Waals surface area contributed by atoms with Gasteiger partial charge in [-0.05, 0) is 19.3 Å². The zero-order valence-corrected chi connectivity index (χ0v) is 38.7. The van der Waals surface area contributed by atoms with Gasteiger partial charge in [-0.2, -0.15) is 0 Å². The van der Waals surface area contributed by atoms with Crippen LogP contribution in [0.1, 0.15) is 258 Å². The van der Waals surface area contributed by atoms with E-state index in [4.69, 9.17) is 14.2 Å². The maximum Gasteiger partial charge on any atom is 0.306 e. The van der Waals surface area contributed by atoms with Crippen molar-refractivity contribution in [2.75, 3.05) is 13.2 Å². The number of unbranched alkanes of at least 4 members (excludes halogenated alkanes) is 33. The molecule has 352 valence electrons. The molecule has 0 aromatic rings. The van der Waals surface area contributed by atoms with E-state index in [2.05, 4.69) is 13.8 Å². The van der Waals surface area contributed by atoms with Crippen molar-refractivity contribution >= 4 is 5.97 Å². The molecule has 0 bridgehead atoms. The fourth-order valence-electron chi connectivity index (χ4n) is 8.49. The summed E-state index contributed by atoms with van der Waals surface area (Å²) in [4.78, 5) is 12.9. The number of ether oxygens (including phenoxy) is 3. The molecule has 0 radical (unpaired) electrons. The minimum absolute atomic E-state index is 0.0180. The number of aliphatic hydroxyl groups is 5. The molecule has 1 rings (SSSR count). The van der Waals surface area contributed by atoms with Crippen molar-refractivity contribution < 1.29 is 44.5 Å². The van der Waals surface area contributed by atoms with Gasteiger partial charge in [-0.15, -0.1) is 0 Å². The quantitative estimate of drug-likeness (QED) is 0.0299. The van der Waals surface area contributed by atoms with Crippen LogP contribution in [0.2, 0.25) is 0 Å². The molecular weight excluding hydrogens is 745 g/mol. The number of rotatable bonds is 44. The van der Waals surface area contributed by atoms with Crippen LogP contribution >= 0.6 is 0 Å². The molecule has 5 N–H and O–H groups in total. The van der Waals surface area contributed by atoms with Crippen LogP contribution in [0, 0.1) is 0 Å². The summed E-state index contributed by atoms with van der Waals surface area (Å²) >= 11 is 0. The molecule has 0 aromatic heterocycles. The van der Waals surface area contributed by atoms with Gasteiger partial charge in [0.1, 0.15) is 30.5 Å². The van der Waals surface area contributed by atoms with Crippen molar-refractivity contribution in [3.8, 4) is 0 Å². The maximum atomic E-state index is 12.9. The van der Waals surface area contributed by atoms with E-state index in [1.54, 1.807) is 0 Å². The molecule has 1 heterocycles. The predicted molar refractivity (Wildman–Crippen MR) is 242 cm³/mol. The topological polar surface area (TPSA) is 146 Å². The molecule has 1 saturated heterocycles. The minimum Gasteiger partial charge on any atom is -0.460 e. The van der Waals surface area contributed by atoms with Gasteiger partial charge in [-0.3, -0.25) is 4.79 Å². The molecule has 0 saturated carbocycles. The molecule has 59 heavy (non-hydrogen) atoms. The van der Waals surface area contributed by atoms with Gasteiger partial charge >= 0.3 is 5.97 Å². The second-order valence-electron chi connectivity index (χ2n) is 18.2. The van der Waals surface area contributed by atoms with Gasteiger partial charge < -0.3 is 39.7 Å². The van der Waals surface area contributed by atoms with Crippen LogP contribution in [-0.2, 0) is 19.0 Å². The lowest BCUT2D eigenvalue weighted by Crippen LogP contribution is -2.59. The number of hydrogen-bond acceptors (Lipinski definition) is 9. The molecular formula is C50H98O9. The summed E-state index contributed by atoms with van der Waals surface area (Å²) in [5, 5.41) is 50.9. The lowest BCUT2D eigenvalue weighted by atomic mass is 9.99. The van der Waals surface area contributed by atoms with Crippen LogP contribution in [0.25, 0.3) is 0 Å². The van der Waals surface area contributed by atoms with E-state index >= 15 is 0 Å². The smallest absolute Gasteiger partial charge is 0.306 e. The van der Waals surface area contributed by atoms with E-state index in [1.807, 2.05) is 0 Å². The highest BCUT2D eigenvalue weighted by molar-refractivity contribution is 5.69. The van der Waals surface area contributed by atoms with Gasteiger partial charge in [0.2, 0.25) is 0 Å². The van der Waals surface area contributed by atoms with Crippen LogP contribution < -0.4 is 0 Å². The summed E-state index contributed by atoms with van der Waals surface area (Å²) in [6.07, 6.45) is 38.1. The van der Waals surface area contributed by atoms with Crippen molar-refractivity contribution in [1.82, 2.24) is 0 Å². The SMILES string of the molecule is CCCCCCCCCCCCCCCCCCCCCCCCCC(=O)OC(CCCCCCCCCCCCCC)C(O)CCO[C@H]1O[C@H](CO)[C@H](O)[C@H](O)[C@H]1O. The first-order valence-electron chi connectivity index (χ1n) is 25.6. The maximum absolute atomic E-state index is 12.9. The van der Waals surface area contributed by atoms with Gasteiger partial charge in [0, 0.05) is 12.8 Å². The Balaban J connectivity index is 2.20. The second-order valence-corrected chi connectivity index (χ2v) is 18.2. The highest BCUT2D eigenvalue weighted by Gasteiger charge is 2.44. The molecule has 0 spiro atoms. The van der Waals surface area contributed by atoms with Crippen LogP contribution in [0.15, 0.2) is 0 Å². The van der Waals surface area contributed by atoms with Crippen LogP contribution in [0.5, 0.6) is 0 Å². The minimum atomic E-state index is -1.52. The molecule has 0 amide bonds. The van der Waals surface area contributed by atoms with Crippen molar-refractivity contribution in [3.63, 3.8) is 0 Å². The standard InChI is InChI=1S/C50H98O9/c1-3-5-7-9-11-13-15-17-18-19-20-21-22-23-24-25-26-27-29-31-33-35-37-39-46(53)58-44(38-36-34-32-30-28-16-14-12-10-8-6-4-2)43(52)40-41-57-50-49(56)48(55)47(54)45(42-51)59-50/h43-45,47-52,54-56H,3-42H2,1-2H3/t43?,44?,45-,47+,48+,49-,50+/m1/s1. The molecule has 1 aliphatic rings. The van der Waals surface area contributed by atoms with Gasteiger partial charge in [0.15, 0.2) is 6.29 Å². The Labute approximate surface area is 363 Å². The first-order chi connectivity index (χ1) is 28.8. The molecule has 9 heteroatoms. The van der Waals surface area contributed by atoms with Crippen LogP contribution in [-0.4, -0.2) is 87.6 Å². The molecule has 1 fully saturated rings. The van der Waals surface area contributed by atoms with E-state index in [1.165, 1.54) is 186 Å². The average molecular weight is 843 g/mol.